The third kappa shape index (κ3) is 6.60. The van der Waals surface area contributed by atoms with Crippen molar-refractivity contribution < 1.29 is 0 Å². The van der Waals surface area contributed by atoms with Crippen molar-refractivity contribution in [3.05, 3.63) is 212 Å². The molecule has 9 rings (SSSR count). The molecule has 0 heterocycles. The van der Waals surface area contributed by atoms with Crippen LogP contribution in [0.5, 0.6) is 0 Å². The Kier molecular flexibility index (Phi) is 8.84. The molecular formula is C54H43N. The molecule has 0 amide bonds. The van der Waals surface area contributed by atoms with Crippen molar-refractivity contribution in [2.45, 2.75) is 26.2 Å². The average molecular weight is 706 g/mol. The van der Waals surface area contributed by atoms with Crippen molar-refractivity contribution in [3.63, 3.8) is 0 Å². The van der Waals surface area contributed by atoms with Gasteiger partial charge in [0, 0.05) is 16.8 Å². The second-order valence-corrected chi connectivity index (χ2v) is 15.4. The van der Waals surface area contributed by atoms with Crippen LogP contribution < -0.4 is 4.90 Å². The second-order valence-electron chi connectivity index (χ2n) is 15.4. The smallest absolute Gasteiger partial charge is 0.0540 e. The molecule has 1 heteroatoms. The molecule has 0 fully saturated rings. The first-order valence-corrected chi connectivity index (χ1v) is 19.2. The summed E-state index contributed by atoms with van der Waals surface area (Å²) in [6.45, 7) is 6.88. The zero-order valence-corrected chi connectivity index (χ0v) is 31.6. The van der Waals surface area contributed by atoms with Crippen molar-refractivity contribution in [2.75, 3.05) is 4.90 Å². The largest absolute Gasteiger partial charge is 0.309 e. The molecule has 55 heavy (non-hydrogen) atoms. The Morgan fingerprint density at radius 2 is 0.873 bits per heavy atom. The molecule has 9 aromatic carbocycles. The van der Waals surface area contributed by atoms with E-state index >= 15 is 0 Å². The minimum absolute atomic E-state index is 0.0108. The van der Waals surface area contributed by atoms with Crippen molar-refractivity contribution in [1.29, 1.82) is 0 Å². The van der Waals surface area contributed by atoms with Crippen LogP contribution >= 0.6 is 0 Å². The molecule has 0 unspecified atom stereocenters. The number of hydrogen-bond donors (Lipinski definition) is 0. The highest BCUT2D eigenvalue weighted by molar-refractivity contribution is 6.09. The van der Waals surface area contributed by atoms with E-state index < -0.39 is 0 Å². The molecule has 264 valence electrons. The minimum Gasteiger partial charge on any atom is -0.309 e. The van der Waals surface area contributed by atoms with Gasteiger partial charge in [-0.3, -0.25) is 0 Å². The average Bonchev–Trinajstić information content (AvgIpc) is 3.24. The van der Waals surface area contributed by atoms with Crippen LogP contribution in [-0.2, 0) is 5.41 Å². The number of benzene rings is 9. The van der Waals surface area contributed by atoms with E-state index in [1.165, 1.54) is 71.6 Å². The Morgan fingerprint density at radius 1 is 0.327 bits per heavy atom. The molecule has 0 bridgehead atoms. The third-order valence-electron chi connectivity index (χ3n) is 10.8. The second kappa shape index (κ2) is 14.3. The van der Waals surface area contributed by atoms with E-state index in [-0.39, 0.29) is 5.41 Å². The molecule has 0 atom stereocenters. The molecule has 0 aliphatic heterocycles. The predicted molar refractivity (Wildman–Crippen MR) is 237 cm³/mol. The van der Waals surface area contributed by atoms with Crippen LogP contribution in [0.4, 0.5) is 17.1 Å². The number of para-hydroxylation sites is 1. The van der Waals surface area contributed by atoms with E-state index in [0.29, 0.717) is 0 Å². The lowest BCUT2D eigenvalue weighted by Gasteiger charge is -2.31. The number of nitrogens with zero attached hydrogens (tertiary/aromatic N) is 1. The van der Waals surface area contributed by atoms with Gasteiger partial charge in [0.25, 0.3) is 0 Å². The van der Waals surface area contributed by atoms with Crippen LogP contribution in [0.15, 0.2) is 206 Å². The fourth-order valence-electron chi connectivity index (χ4n) is 7.95. The summed E-state index contributed by atoms with van der Waals surface area (Å²) in [5.41, 5.74) is 14.3. The number of hydrogen-bond acceptors (Lipinski definition) is 1. The fourth-order valence-corrected chi connectivity index (χ4v) is 7.95. The Labute approximate surface area is 324 Å². The number of rotatable bonds is 7. The van der Waals surface area contributed by atoms with Gasteiger partial charge in [0.2, 0.25) is 0 Å². The monoisotopic (exact) mass is 705 g/mol. The summed E-state index contributed by atoms with van der Waals surface area (Å²) >= 11 is 0. The van der Waals surface area contributed by atoms with Crippen molar-refractivity contribution in [2.24, 2.45) is 0 Å². The highest BCUT2D eigenvalue weighted by Crippen LogP contribution is 2.48. The summed E-state index contributed by atoms with van der Waals surface area (Å²) in [6.07, 6.45) is 0. The van der Waals surface area contributed by atoms with Crippen molar-refractivity contribution in [1.82, 2.24) is 0 Å². The van der Waals surface area contributed by atoms with Gasteiger partial charge in [0.1, 0.15) is 0 Å². The van der Waals surface area contributed by atoms with Gasteiger partial charge in [-0.1, -0.05) is 191 Å². The summed E-state index contributed by atoms with van der Waals surface area (Å²) < 4.78 is 0. The molecule has 0 radical (unpaired) electrons. The standard InChI is InChI=1S/C54H43N/c1-54(2,3)45-32-35-52(50(37-45)41-19-8-5-9-20-41)55(46-33-30-39(31-34-46)44-29-28-38-16-10-11-21-43(38)36-44)51-27-13-12-24-48(51)49-26-15-23-42-22-14-25-47(53(42)49)40-17-6-4-7-18-40/h4-37H,1-3H3. The summed E-state index contributed by atoms with van der Waals surface area (Å²) in [5.74, 6) is 0. The molecule has 0 aliphatic rings. The van der Waals surface area contributed by atoms with Gasteiger partial charge in [-0.25, -0.2) is 0 Å². The summed E-state index contributed by atoms with van der Waals surface area (Å²) in [6, 6.07) is 75.3. The first kappa shape index (κ1) is 34.1. The Balaban J connectivity index is 1.29. The molecule has 9 aromatic rings. The zero-order valence-electron chi connectivity index (χ0n) is 31.6. The van der Waals surface area contributed by atoms with Crippen LogP contribution in [0, 0.1) is 0 Å². The quantitative estimate of drug-likeness (QED) is 0.160. The van der Waals surface area contributed by atoms with Crippen LogP contribution in [-0.4, -0.2) is 0 Å². The highest BCUT2D eigenvalue weighted by Gasteiger charge is 2.24. The molecule has 0 N–H and O–H groups in total. The predicted octanol–water partition coefficient (Wildman–Crippen LogP) is 15.4. The molecule has 0 saturated heterocycles. The Bertz CT molecular complexity index is 2770. The van der Waals surface area contributed by atoms with E-state index in [0.717, 1.165) is 17.1 Å². The van der Waals surface area contributed by atoms with Crippen LogP contribution in [0.25, 0.3) is 66.1 Å². The Hall–Kier alpha value is -6.70. The van der Waals surface area contributed by atoms with Gasteiger partial charge in [-0.15, -0.1) is 0 Å². The van der Waals surface area contributed by atoms with Crippen molar-refractivity contribution in [3.8, 4) is 44.5 Å². The molecule has 0 saturated carbocycles. The first-order chi connectivity index (χ1) is 26.9. The van der Waals surface area contributed by atoms with Crippen LogP contribution in [0.2, 0.25) is 0 Å². The van der Waals surface area contributed by atoms with E-state index in [1.54, 1.807) is 0 Å². The summed E-state index contributed by atoms with van der Waals surface area (Å²) in [5, 5.41) is 4.97. The molecule has 0 aromatic heterocycles. The summed E-state index contributed by atoms with van der Waals surface area (Å²) in [4.78, 5) is 2.47. The van der Waals surface area contributed by atoms with Gasteiger partial charge in [-0.2, -0.15) is 0 Å². The van der Waals surface area contributed by atoms with E-state index in [2.05, 4.69) is 232 Å². The first-order valence-electron chi connectivity index (χ1n) is 19.2. The maximum absolute atomic E-state index is 2.47. The van der Waals surface area contributed by atoms with Gasteiger partial charge in [0.05, 0.1) is 11.4 Å². The molecule has 0 aliphatic carbocycles. The maximum Gasteiger partial charge on any atom is 0.0540 e. The van der Waals surface area contributed by atoms with Crippen molar-refractivity contribution >= 4 is 38.6 Å². The lowest BCUT2D eigenvalue weighted by Crippen LogP contribution is -2.15. The van der Waals surface area contributed by atoms with E-state index in [4.69, 9.17) is 0 Å². The zero-order chi connectivity index (χ0) is 37.4. The SMILES string of the molecule is CC(C)(C)c1ccc(N(c2ccc(-c3ccc4ccccc4c3)cc2)c2ccccc2-c2cccc3cccc(-c4ccccc4)c23)c(-c2ccccc2)c1. The minimum atomic E-state index is -0.0108. The van der Waals surface area contributed by atoms with Gasteiger partial charge in [-0.05, 0) is 102 Å². The molecule has 0 spiro atoms. The highest BCUT2D eigenvalue weighted by atomic mass is 15.1. The van der Waals surface area contributed by atoms with E-state index in [1.807, 2.05) is 0 Å². The molecule has 1 nitrogen and oxygen atoms in total. The Morgan fingerprint density at radius 3 is 1.58 bits per heavy atom. The maximum atomic E-state index is 2.47. The fraction of sp³-hybridized carbons (Fsp3) is 0.0741. The van der Waals surface area contributed by atoms with Crippen LogP contribution in [0.1, 0.15) is 26.3 Å². The van der Waals surface area contributed by atoms with Gasteiger partial charge in [0.15, 0.2) is 0 Å². The van der Waals surface area contributed by atoms with Crippen LogP contribution in [0.3, 0.4) is 0 Å². The lowest BCUT2D eigenvalue weighted by molar-refractivity contribution is 0.590. The number of anilines is 3. The number of fused-ring (bicyclic) bond motifs is 2. The topological polar surface area (TPSA) is 3.24 Å². The summed E-state index contributed by atoms with van der Waals surface area (Å²) in [7, 11) is 0. The normalized spacial score (nSPS) is 11.5. The van der Waals surface area contributed by atoms with Gasteiger partial charge < -0.3 is 4.90 Å². The third-order valence-corrected chi connectivity index (χ3v) is 10.8. The lowest BCUT2D eigenvalue weighted by atomic mass is 9.84. The van der Waals surface area contributed by atoms with Gasteiger partial charge >= 0.3 is 0 Å². The van der Waals surface area contributed by atoms with E-state index in [9.17, 15) is 0 Å². The molecular weight excluding hydrogens is 663 g/mol.